The SMILES string of the molecule is CC(=O)Oc1c2c(cc(Br)c1C(C)=O)OCCO2. The number of carbonyl (C=O) groups excluding carboxylic acids is 2. The summed E-state index contributed by atoms with van der Waals surface area (Å²) in [5.74, 6) is 0.111. The summed E-state index contributed by atoms with van der Waals surface area (Å²) in [5, 5.41) is 0. The van der Waals surface area contributed by atoms with Crippen molar-refractivity contribution in [3.8, 4) is 17.2 Å². The van der Waals surface area contributed by atoms with Crippen LogP contribution in [0.5, 0.6) is 17.2 Å². The number of carbonyl (C=O) groups is 2. The highest BCUT2D eigenvalue weighted by Crippen LogP contribution is 2.45. The van der Waals surface area contributed by atoms with Crippen LogP contribution in [0.1, 0.15) is 24.2 Å². The molecule has 1 aliphatic rings. The van der Waals surface area contributed by atoms with Crippen LogP contribution in [0.2, 0.25) is 0 Å². The van der Waals surface area contributed by atoms with Gasteiger partial charge in [-0.15, -0.1) is 0 Å². The molecule has 0 bridgehead atoms. The summed E-state index contributed by atoms with van der Waals surface area (Å²) in [4.78, 5) is 22.8. The van der Waals surface area contributed by atoms with Crippen molar-refractivity contribution >= 4 is 27.7 Å². The van der Waals surface area contributed by atoms with Crippen LogP contribution in [0.3, 0.4) is 0 Å². The van der Waals surface area contributed by atoms with Gasteiger partial charge in [0.2, 0.25) is 5.75 Å². The molecule has 1 aromatic rings. The average molecular weight is 315 g/mol. The first-order chi connectivity index (χ1) is 8.50. The van der Waals surface area contributed by atoms with Gasteiger partial charge in [0.25, 0.3) is 0 Å². The van der Waals surface area contributed by atoms with Crippen LogP contribution in [0.4, 0.5) is 0 Å². The third kappa shape index (κ3) is 2.33. The van der Waals surface area contributed by atoms with Gasteiger partial charge in [0.15, 0.2) is 17.3 Å². The number of ether oxygens (including phenoxy) is 3. The van der Waals surface area contributed by atoms with Crippen LogP contribution in [0.15, 0.2) is 10.5 Å². The first-order valence-corrected chi connectivity index (χ1v) is 6.11. The zero-order valence-electron chi connectivity index (χ0n) is 9.91. The van der Waals surface area contributed by atoms with E-state index in [0.717, 1.165) is 0 Å². The quantitative estimate of drug-likeness (QED) is 0.476. The van der Waals surface area contributed by atoms with Gasteiger partial charge >= 0.3 is 5.97 Å². The fraction of sp³-hybridized carbons (Fsp3) is 0.333. The highest BCUT2D eigenvalue weighted by molar-refractivity contribution is 9.10. The van der Waals surface area contributed by atoms with E-state index < -0.39 is 5.97 Å². The molecule has 1 aromatic carbocycles. The van der Waals surface area contributed by atoms with Crippen molar-refractivity contribution in [2.75, 3.05) is 13.2 Å². The van der Waals surface area contributed by atoms with Crippen molar-refractivity contribution in [3.05, 3.63) is 16.1 Å². The van der Waals surface area contributed by atoms with Crippen molar-refractivity contribution in [2.24, 2.45) is 0 Å². The first kappa shape index (κ1) is 12.9. The van der Waals surface area contributed by atoms with Gasteiger partial charge in [-0.2, -0.15) is 0 Å². The lowest BCUT2D eigenvalue weighted by Gasteiger charge is -2.22. The van der Waals surface area contributed by atoms with Crippen LogP contribution in [-0.2, 0) is 4.79 Å². The Kier molecular flexibility index (Phi) is 3.56. The average Bonchev–Trinajstić information content (AvgIpc) is 2.27. The largest absolute Gasteiger partial charge is 0.486 e. The summed E-state index contributed by atoms with van der Waals surface area (Å²) in [6.45, 7) is 3.42. The van der Waals surface area contributed by atoms with Crippen LogP contribution in [0.25, 0.3) is 0 Å². The van der Waals surface area contributed by atoms with Crippen molar-refractivity contribution in [3.63, 3.8) is 0 Å². The lowest BCUT2D eigenvalue weighted by molar-refractivity contribution is -0.132. The lowest BCUT2D eigenvalue weighted by Crippen LogP contribution is -2.18. The zero-order valence-corrected chi connectivity index (χ0v) is 11.5. The Morgan fingerprint density at radius 2 is 1.94 bits per heavy atom. The van der Waals surface area contributed by atoms with Gasteiger partial charge in [0, 0.05) is 11.4 Å². The second kappa shape index (κ2) is 4.97. The normalized spacial score (nSPS) is 13.1. The summed E-state index contributed by atoms with van der Waals surface area (Å²) < 4.78 is 16.4. The number of fused-ring (bicyclic) bond motifs is 1. The lowest BCUT2D eigenvalue weighted by atomic mass is 10.1. The fourth-order valence-corrected chi connectivity index (χ4v) is 2.36. The molecule has 2 rings (SSSR count). The third-order valence-corrected chi connectivity index (χ3v) is 2.96. The Labute approximate surface area is 112 Å². The number of rotatable bonds is 2. The zero-order chi connectivity index (χ0) is 13.3. The van der Waals surface area contributed by atoms with E-state index in [1.165, 1.54) is 13.8 Å². The smallest absolute Gasteiger partial charge is 0.308 e. The summed E-state index contributed by atoms with van der Waals surface area (Å²) in [6, 6.07) is 1.64. The minimum Gasteiger partial charge on any atom is -0.486 e. The number of hydrogen-bond acceptors (Lipinski definition) is 5. The molecule has 0 aliphatic carbocycles. The number of benzene rings is 1. The molecule has 0 unspecified atom stereocenters. The summed E-state index contributed by atoms with van der Waals surface area (Å²) >= 11 is 3.27. The Morgan fingerprint density at radius 1 is 1.28 bits per heavy atom. The number of hydrogen-bond donors (Lipinski definition) is 0. The standard InChI is InChI=1S/C12H11BrO5/c1-6(14)10-8(13)5-9-11(17-4-3-16-9)12(10)18-7(2)15/h5H,3-4H2,1-2H3. The maximum absolute atomic E-state index is 11.6. The predicted octanol–water partition coefficient (Wildman–Crippen LogP) is 2.35. The summed E-state index contributed by atoms with van der Waals surface area (Å²) in [6.07, 6.45) is 0. The highest BCUT2D eigenvalue weighted by atomic mass is 79.9. The van der Waals surface area contributed by atoms with E-state index in [-0.39, 0.29) is 17.1 Å². The fourth-order valence-electron chi connectivity index (χ4n) is 1.70. The van der Waals surface area contributed by atoms with Crippen LogP contribution in [0, 0.1) is 0 Å². The molecular formula is C12H11BrO5. The Morgan fingerprint density at radius 3 is 2.56 bits per heavy atom. The number of ketones is 1. The van der Waals surface area contributed by atoms with E-state index in [0.29, 0.717) is 29.2 Å². The molecule has 5 nitrogen and oxygen atoms in total. The molecular weight excluding hydrogens is 304 g/mol. The van der Waals surface area contributed by atoms with E-state index in [1.54, 1.807) is 6.07 Å². The summed E-state index contributed by atoms with van der Waals surface area (Å²) in [7, 11) is 0. The monoisotopic (exact) mass is 314 g/mol. The van der Waals surface area contributed by atoms with Crippen molar-refractivity contribution < 1.29 is 23.8 Å². The molecule has 0 saturated heterocycles. The minimum atomic E-state index is -0.521. The van der Waals surface area contributed by atoms with E-state index >= 15 is 0 Å². The van der Waals surface area contributed by atoms with Gasteiger partial charge < -0.3 is 14.2 Å². The second-order valence-electron chi connectivity index (χ2n) is 3.74. The van der Waals surface area contributed by atoms with Gasteiger partial charge in [0.1, 0.15) is 13.2 Å². The highest BCUT2D eigenvalue weighted by Gasteiger charge is 2.26. The maximum Gasteiger partial charge on any atom is 0.308 e. The number of esters is 1. The van der Waals surface area contributed by atoms with E-state index in [9.17, 15) is 9.59 Å². The van der Waals surface area contributed by atoms with Crippen molar-refractivity contribution in [1.82, 2.24) is 0 Å². The number of Topliss-reactive ketones (excluding diaryl/α,β-unsaturated/α-hetero) is 1. The van der Waals surface area contributed by atoms with Crippen molar-refractivity contribution in [2.45, 2.75) is 13.8 Å². The molecule has 0 radical (unpaired) electrons. The van der Waals surface area contributed by atoms with Gasteiger partial charge in [-0.3, -0.25) is 9.59 Å². The molecule has 0 N–H and O–H groups in total. The number of halogens is 1. The molecule has 0 saturated carbocycles. The third-order valence-electron chi connectivity index (χ3n) is 2.34. The van der Waals surface area contributed by atoms with E-state index in [2.05, 4.69) is 15.9 Å². The Bertz CT molecular complexity index is 524. The predicted molar refractivity (Wildman–Crippen MR) is 66.4 cm³/mol. The first-order valence-electron chi connectivity index (χ1n) is 5.32. The summed E-state index contributed by atoms with van der Waals surface area (Å²) in [5.41, 5.74) is 0.273. The Balaban J connectivity index is 2.65. The topological polar surface area (TPSA) is 61.8 Å². The molecule has 18 heavy (non-hydrogen) atoms. The van der Waals surface area contributed by atoms with Gasteiger partial charge in [-0.05, 0) is 28.9 Å². The molecule has 0 spiro atoms. The molecule has 0 fully saturated rings. The van der Waals surface area contributed by atoms with Gasteiger partial charge in [-0.1, -0.05) is 0 Å². The van der Waals surface area contributed by atoms with E-state index in [1.807, 2.05) is 0 Å². The molecule has 0 amide bonds. The van der Waals surface area contributed by atoms with E-state index in [4.69, 9.17) is 14.2 Å². The molecule has 0 aromatic heterocycles. The van der Waals surface area contributed by atoms with Crippen molar-refractivity contribution in [1.29, 1.82) is 0 Å². The Hall–Kier alpha value is -1.56. The molecule has 1 aliphatic heterocycles. The van der Waals surface area contributed by atoms with Crippen LogP contribution >= 0.6 is 15.9 Å². The molecule has 6 heteroatoms. The molecule has 1 heterocycles. The van der Waals surface area contributed by atoms with Crippen LogP contribution in [-0.4, -0.2) is 25.0 Å². The molecule has 96 valence electrons. The maximum atomic E-state index is 11.6. The van der Waals surface area contributed by atoms with Gasteiger partial charge in [-0.25, -0.2) is 0 Å². The molecule has 0 atom stereocenters. The van der Waals surface area contributed by atoms with Crippen LogP contribution < -0.4 is 14.2 Å². The minimum absolute atomic E-state index is 0.110. The van der Waals surface area contributed by atoms with Gasteiger partial charge in [0.05, 0.1) is 5.56 Å². The second-order valence-corrected chi connectivity index (χ2v) is 4.59.